The highest BCUT2D eigenvalue weighted by molar-refractivity contribution is 5.81. The first-order valence-corrected chi connectivity index (χ1v) is 5.22. The molecular weight excluding hydrogens is 180 g/mol. The van der Waals surface area contributed by atoms with Crippen LogP contribution in [0.4, 0.5) is 0 Å². The van der Waals surface area contributed by atoms with Crippen molar-refractivity contribution in [2.24, 2.45) is 11.7 Å². The van der Waals surface area contributed by atoms with Gasteiger partial charge in [-0.2, -0.15) is 0 Å². The summed E-state index contributed by atoms with van der Waals surface area (Å²) in [7, 11) is 1.51. The normalized spacial score (nSPS) is 21.1. The van der Waals surface area contributed by atoms with Crippen molar-refractivity contribution >= 4 is 5.91 Å². The van der Waals surface area contributed by atoms with Crippen LogP contribution in [0.2, 0.25) is 0 Å². The van der Waals surface area contributed by atoms with Gasteiger partial charge in [-0.1, -0.05) is 6.42 Å². The minimum absolute atomic E-state index is 0.0885. The topological polar surface area (TPSA) is 64.3 Å². The monoisotopic (exact) mass is 200 g/mol. The molecule has 1 aliphatic carbocycles. The summed E-state index contributed by atoms with van der Waals surface area (Å²) in [5.41, 5.74) is 5.40. The molecule has 1 amide bonds. The molecule has 1 fully saturated rings. The van der Waals surface area contributed by atoms with Gasteiger partial charge < -0.3 is 15.8 Å². The fourth-order valence-corrected chi connectivity index (χ4v) is 1.69. The number of nitrogens with two attached hydrogens (primary N) is 1. The van der Waals surface area contributed by atoms with Crippen LogP contribution in [0.5, 0.6) is 0 Å². The van der Waals surface area contributed by atoms with Crippen molar-refractivity contribution in [1.82, 2.24) is 5.32 Å². The number of hydrogen-bond donors (Lipinski definition) is 2. The second-order valence-corrected chi connectivity index (χ2v) is 3.95. The molecule has 1 aliphatic rings. The Morgan fingerprint density at radius 3 is 2.64 bits per heavy atom. The first-order chi connectivity index (χ1) is 6.69. The Morgan fingerprint density at radius 2 is 2.29 bits per heavy atom. The second kappa shape index (κ2) is 5.32. The van der Waals surface area contributed by atoms with Crippen molar-refractivity contribution in [3.05, 3.63) is 0 Å². The van der Waals surface area contributed by atoms with Gasteiger partial charge in [0.15, 0.2) is 0 Å². The molecule has 0 saturated heterocycles. The van der Waals surface area contributed by atoms with Crippen molar-refractivity contribution in [2.45, 2.75) is 38.3 Å². The van der Waals surface area contributed by atoms with Crippen LogP contribution in [0.25, 0.3) is 0 Å². The average molecular weight is 200 g/mol. The zero-order chi connectivity index (χ0) is 10.6. The molecule has 14 heavy (non-hydrogen) atoms. The lowest BCUT2D eigenvalue weighted by atomic mass is 9.80. The number of ether oxygens (including phenoxy) is 1. The lowest BCUT2D eigenvalue weighted by molar-refractivity contribution is -0.131. The van der Waals surface area contributed by atoms with E-state index in [0.29, 0.717) is 5.92 Å². The molecule has 4 heteroatoms. The van der Waals surface area contributed by atoms with Gasteiger partial charge in [-0.3, -0.25) is 4.79 Å². The number of carbonyl (C=O) groups is 1. The molecule has 2 unspecified atom stereocenters. The molecule has 0 aromatic heterocycles. The van der Waals surface area contributed by atoms with Crippen LogP contribution < -0.4 is 11.1 Å². The Balaban J connectivity index is 2.30. The number of carbonyl (C=O) groups excluding carboxylic acids is 1. The Labute approximate surface area is 85.2 Å². The van der Waals surface area contributed by atoms with Crippen LogP contribution in [-0.4, -0.2) is 31.7 Å². The van der Waals surface area contributed by atoms with Gasteiger partial charge in [0.05, 0.1) is 0 Å². The smallest absolute Gasteiger partial charge is 0.250 e. The molecule has 2 atom stereocenters. The second-order valence-electron chi connectivity index (χ2n) is 3.95. The van der Waals surface area contributed by atoms with E-state index in [4.69, 9.17) is 10.5 Å². The van der Waals surface area contributed by atoms with Crippen LogP contribution in [0.3, 0.4) is 0 Å². The number of rotatable bonds is 5. The summed E-state index contributed by atoms with van der Waals surface area (Å²) in [4.78, 5) is 11.5. The van der Waals surface area contributed by atoms with E-state index in [1.807, 2.05) is 6.92 Å². The first-order valence-electron chi connectivity index (χ1n) is 5.22. The summed E-state index contributed by atoms with van der Waals surface area (Å²) in [6.45, 7) is 2.28. The van der Waals surface area contributed by atoms with E-state index in [2.05, 4.69) is 5.32 Å². The fraction of sp³-hybridized carbons (Fsp3) is 0.900. The van der Waals surface area contributed by atoms with Crippen molar-refractivity contribution in [2.75, 3.05) is 13.7 Å². The van der Waals surface area contributed by atoms with Gasteiger partial charge in [0.2, 0.25) is 0 Å². The third-order valence-electron chi connectivity index (χ3n) is 3.02. The van der Waals surface area contributed by atoms with E-state index < -0.39 is 6.10 Å². The highest BCUT2D eigenvalue weighted by atomic mass is 16.5. The first kappa shape index (κ1) is 11.5. The van der Waals surface area contributed by atoms with Gasteiger partial charge in [-0.25, -0.2) is 0 Å². The van der Waals surface area contributed by atoms with Crippen LogP contribution in [0.15, 0.2) is 0 Å². The molecule has 3 N–H and O–H groups in total. The third kappa shape index (κ3) is 2.69. The zero-order valence-electron chi connectivity index (χ0n) is 8.95. The van der Waals surface area contributed by atoms with Gasteiger partial charge in [-0.05, 0) is 25.7 Å². The number of methoxy groups -OCH3 is 1. The Kier molecular flexibility index (Phi) is 4.35. The number of amides is 1. The van der Waals surface area contributed by atoms with Crippen molar-refractivity contribution in [1.29, 1.82) is 0 Å². The predicted molar refractivity (Wildman–Crippen MR) is 54.8 cm³/mol. The van der Waals surface area contributed by atoms with Crippen molar-refractivity contribution in [3.8, 4) is 0 Å². The average Bonchev–Trinajstić information content (AvgIpc) is 2.02. The highest BCUT2D eigenvalue weighted by Crippen LogP contribution is 2.29. The molecule has 0 spiro atoms. The SMILES string of the molecule is COC(CN)C(=O)NC(C)C1CCC1. The maximum absolute atomic E-state index is 11.5. The van der Waals surface area contributed by atoms with Crippen LogP contribution in [0, 0.1) is 5.92 Å². The summed E-state index contributed by atoms with van der Waals surface area (Å²) in [5.74, 6) is 0.559. The van der Waals surface area contributed by atoms with E-state index in [-0.39, 0.29) is 18.5 Å². The standard InChI is InChI=1S/C10H20N2O2/c1-7(8-4-3-5-8)12-10(13)9(6-11)14-2/h7-9H,3-6,11H2,1-2H3,(H,12,13). The molecule has 0 radical (unpaired) electrons. The van der Waals surface area contributed by atoms with Crippen molar-refractivity contribution < 1.29 is 9.53 Å². The lowest BCUT2D eigenvalue weighted by Gasteiger charge is -2.32. The van der Waals surface area contributed by atoms with Crippen LogP contribution in [0.1, 0.15) is 26.2 Å². The molecule has 0 bridgehead atoms. The van der Waals surface area contributed by atoms with E-state index in [9.17, 15) is 4.79 Å². The highest BCUT2D eigenvalue weighted by Gasteiger charge is 2.26. The summed E-state index contributed by atoms with van der Waals surface area (Å²) in [6.07, 6.45) is 3.23. The summed E-state index contributed by atoms with van der Waals surface area (Å²) in [6, 6.07) is 0.250. The summed E-state index contributed by atoms with van der Waals surface area (Å²) in [5, 5.41) is 2.94. The van der Waals surface area contributed by atoms with E-state index >= 15 is 0 Å². The molecular formula is C10H20N2O2. The predicted octanol–water partition coefficient (Wildman–Crippen LogP) is 0.265. The van der Waals surface area contributed by atoms with Crippen molar-refractivity contribution in [3.63, 3.8) is 0 Å². The lowest BCUT2D eigenvalue weighted by Crippen LogP contribution is -2.47. The molecule has 0 aromatic carbocycles. The molecule has 0 heterocycles. The number of nitrogens with one attached hydrogen (secondary N) is 1. The molecule has 82 valence electrons. The maximum Gasteiger partial charge on any atom is 0.250 e. The molecule has 0 aromatic rings. The quantitative estimate of drug-likeness (QED) is 0.669. The van der Waals surface area contributed by atoms with E-state index in [0.717, 1.165) is 0 Å². The zero-order valence-corrected chi connectivity index (χ0v) is 8.95. The number of hydrogen-bond acceptors (Lipinski definition) is 3. The van der Waals surface area contributed by atoms with E-state index in [1.54, 1.807) is 0 Å². The van der Waals surface area contributed by atoms with Gasteiger partial charge in [0.25, 0.3) is 5.91 Å². The molecule has 1 saturated carbocycles. The summed E-state index contributed by atoms with van der Waals surface area (Å²) >= 11 is 0. The van der Waals surface area contributed by atoms with Gasteiger partial charge in [0.1, 0.15) is 6.10 Å². The summed E-state index contributed by atoms with van der Waals surface area (Å²) < 4.78 is 4.96. The molecule has 1 rings (SSSR count). The van der Waals surface area contributed by atoms with Gasteiger partial charge in [0, 0.05) is 19.7 Å². The maximum atomic E-state index is 11.5. The van der Waals surface area contributed by atoms with Crippen LogP contribution in [-0.2, 0) is 9.53 Å². The largest absolute Gasteiger partial charge is 0.370 e. The Hall–Kier alpha value is -0.610. The van der Waals surface area contributed by atoms with Gasteiger partial charge in [-0.15, -0.1) is 0 Å². The van der Waals surface area contributed by atoms with Gasteiger partial charge >= 0.3 is 0 Å². The van der Waals surface area contributed by atoms with Crippen LogP contribution >= 0.6 is 0 Å². The molecule has 0 aliphatic heterocycles. The van der Waals surface area contributed by atoms with E-state index in [1.165, 1.54) is 26.4 Å². The fourth-order valence-electron chi connectivity index (χ4n) is 1.69. The minimum Gasteiger partial charge on any atom is -0.370 e. The minimum atomic E-state index is -0.502. The Bertz CT molecular complexity index is 189. The third-order valence-corrected chi connectivity index (χ3v) is 3.02. The molecule has 4 nitrogen and oxygen atoms in total. The Morgan fingerprint density at radius 1 is 1.64 bits per heavy atom.